The van der Waals surface area contributed by atoms with Crippen LogP contribution in [0.25, 0.3) is 11.0 Å². The summed E-state index contributed by atoms with van der Waals surface area (Å²) in [6.45, 7) is 0. The fraction of sp³-hybridized carbons (Fsp3) is 0.273. The highest BCUT2D eigenvalue weighted by Gasteiger charge is 2.36. The van der Waals surface area contributed by atoms with Crippen LogP contribution in [0, 0.1) is 0 Å². The first-order valence-electron chi connectivity index (χ1n) is 5.07. The van der Waals surface area contributed by atoms with Gasteiger partial charge in [0.25, 0.3) is 0 Å². The molecule has 0 bridgehead atoms. The van der Waals surface area contributed by atoms with Gasteiger partial charge in [-0.3, -0.25) is 0 Å². The number of aryl methyl sites for hydroxylation is 1. The van der Waals surface area contributed by atoms with Crippen molar-refractivity contribution in [2.75, 3.05) is 7.11 Å². The van der Waals surface area contributed by atoms with E-state index in [1.807, 2.05) is 0 Å². The molecule has 1 aromatic carbocycles. The van der Waals surface area contributed by atoms with Gasteiger partial charge in [-0.25, -0.2) is 9.78 Å². The van der Waals surface area contributed by atoms with Crippen LogP contribution in [-0.2, 0) is 18.0 Å². The Morgan fingerprint density at radius 3 is 2.58 bits per heavy atom. The number of nitrogens with zero attached hydrogens (tertiary/aromatic N) is 2. The predicted octanol–water partition coefficient (Wildman–Crippen LogP) is 3.03. The van der Waals surface area contributed by atoms with Crippen molar-refractivity contribution < 1.29 is 22.7 Å². The lowest BCUT2D eigenvalue weighted by molar-refractivity contribution is -0.146. The number of carbonyl (C=O) groups excluding carboxylic acids is 1. The maximum Gasteiger partial charge on any atom is 0.449 e. The standard InChI is InChI=1S/C11H8ClF3N2O2/c1-17-8-4-6(12)5(9(18)19-2)3-7(8)16-10(17)11(13,14)15/h3-4H,1-2H3. The molecule has 0 radical (unpaired) electrons. The molecule has 2 aromatic rings. The highest BCUT2D eigenvalue weighted by Crippen LogP contribution is 2.32. The van der Waals surface area contributed by atoms with Crippen molar-refractivity contribution in [2.24, 2.45) is 7.05 Å². The lowest BCUT2D eigenvalue weighted by Crippen LogP contribution is -2.12. The van der Waals surface area contributed by atoms with Crippen LogP contribution in [-0.4, -0.2) is 22.6 Å². The number of hydrogen-bond donors (Lipinski definition) is 0. The average Bonchev–Trinajstić information content (AvgIpc) is 2.64. The SMILES string of the molecule is COC(=O)c1cc2nc(C(F)(F)F)n(C)c2cc1Cl. The summed E-state index contributed by atoms with van der Waals surface area (Å²) in [5.41, 5.74) is 0.188. The molecule has 1 heterocycles. The van der Waals surface area contributed by atoms with Crippen LogP contribution < -0.4 is 0 Å². The Morgan fingerprint density at radius 2 is 2.05 bits per heavy atom. The molecule has 0 atom stereocenters. The predicted molar refractivity (Wildman–Crippen MR) is 62.1 cm³/mol. The Hall–Kier alpha value is -1.76. The molecule has 0 N–H and O–H groups in total. The van der Waals surface area contributed by atoms with Gasteiger partial charge in [0.2, 0.25) is 5.82 Å². The Labute approximate surface area is 110 Å². The zero-order chi connectivity index (χ0) is 14.4. The zero-order valence-electron chi connectivity index (χ0n) is 9.88. The van der Waals surface area contributed by atoms with E-state index in [2.05, 4.69) is 9.72 Å². The van der Waals surface area contributed by atoms with E-state index in [0.29, 0.717) is 0 Å². The Balaban J connectivity index is 2.72. The largest absolute Gasteiger partial charge is 0.465 e. The highest BCUT2D eigenvalue weighted by atomic mass is 35.5. The molecular weight excluding hydrogens is 285 g/mol. The summed E-state index contributed by atoms with van der Waals surface area (Å²) >= 11 is 5.85. The van der Waals surface area contributed by atoms with Gasteiger partial charge in [-0.05, 0) is 12.1 Å². The molecule has 8 heteroatoms. The third-order valence-corrected chi connectivity index (χ3v) is 2.94. The third kappa shape index (κ3) is 2.25. The minimum Gasteiger partial charge on any atom is -0.465 e. The van der Waals surface area contributed by atoms with Crippen molar-refractivity contribution in [1.29, 1.82) is 0 Å². The fourth-order valence-electron chi connectivity index (χ4n) is 1.73. The molecule has 4 nitrogen and oxygen atoms in total. The van der Waals surface area contributed by atoms with Gasteiger partial charge in [-0.1, -0.05) is 11.6 Å². The first-order chi connectivity index (χ1) is 8.75. The van der Waals surface area contributed by atoms with Crippen LogP contribution >= 0.6 is 11.6 Å². The quantitative estimate of drug-likeness (QED) is 0.759. The smallest absolute Gasteiger partial charge is 0.449 e. The molecule has 1 aromatic heterocycles. The Kier molecular flexibility index (Phi) is 3.17. The van der Waals surface area contributed by atoms with Crippen LogP contribution in [0.2, 0.25) is 5.02 Å². The van der Waals surface area contributed by atoms with Crippen molar-refractivity contribution in [2.45, 2.75) is 6.18 Å². The van der Waals surface area contributed by atoms with Gasteiger partial charge in [0.05, 0.1) is 28.7 Å². The summed E-state index contributed by atoms with van der Waals surface area (Å²) < 4.78 is 43.5. The molecule has 0 aliphatic rings. The Morgan fingerprint density at radius 1 is 1.42 bits per heavy atom. The molecule has 0 unspecified atom stereocenters. The van der Waals surface area contributed by atoms with Crippen LogP contribution in [0.3, 0.4) is 0 Å². The van der Waals surface area contributed by atoms with Crippen LogP contribution in [0.4, 0.5) is 13.2 Å². The fourth-order valence-corrected chi connectivity index (χ4v) is 1.97. The number of benzene rings is 1. The molecule has 0 fully saturated rings. The second-order valence-electron chi connectivity index (χ2n) is 3.80. The second kappa shape index (κ2) is 4.41. The summed E-state index contributed by atoms with van der Waals surface area (Å²) in [4.78, 5) is 14.9. The molecule has 0 aliphatic heterocycles. The number of rotatable bonds is 1. The maximum absolute atomic E-state index is 12.7. The number of methoxy groups -OCH3 is 1. The normalized spacial score (nSPS) is 11.9. The minimum atomic E-state index is -4.58. The van der Waals surface area contributed by atoms with Crippen molar-refractivity contribution >= 4 is 28.6 Å². The third-order valence-electron chi connectivity index (χ3n) is 2.63. The average molecular weight is 293 g/mol. The zero-order valence-corrected chi connectivity index (χ0v) is 10.6. The minimum absolute atomic E-state index is 0.0103. The van der Waals surface area contributed by atoms with Gasteiger partial charge in [0, 0.05) is 7.05 Å². The molecule has 0 saturated carbocycles. The Bertz CT molecular complexity index is 664. The molecular formula is C11H8ClF3N2O2. The summed E-state index contributed by atoms with van der Waals surface area (Å²) in [6, 6.07) is 2.43. The first kappa shape index (κ1) is 13.7. The number of hydrogen-bond acceptors (Lipinski definition) is 3. The monoisotopic (exact) mass is 292 g/mol. The van der Waals surface area contributed by atoms with Gasteiger partial charge in [-0.15, -0.1) is 0 Å². The molecule has 0 saturated heterocycles. The molecule has 19 heavy (non-hydrogen) atoms. The van der Waals surface area contributed by atoms with Crippen molar-refractivity contribution in [3.8, 4) is 0 Å². The van der Waals surface area contributed by atoms with Crippen molar-refractivity contribution in [1.82, 2.24) is 9.55 Å². The first-order valence-corrected chi connectivity index (χ1v) is 5.45. The van der Waals surface area contributed by atoms with E-state index < -0.39 is 18.0 Å². The molecule has 2 rings (SSSR count). The topological polar surface area (TPSA) is 44.1 Å². The maximum atomic E-state index is 12.7. The van der Waals surface area contributed by atoms with E-state index >= 15 is 0 Å². The van der Waals surface area contributed by atoms with Crippen LogP contribution in [0.1, 0.15) is 16.2 Å². The van der Waals surface area contributed by atoms with E-state index in [1.165, 1.54) is 19.2 Å². The number of esters is 1. The van der Waals surface area contributed by atoms with Gasteiger partial charge >= 0.3 is 12.1 Å². The summed E-state index contributed by atoms with van der Waals surface area (Å²) in [5.74, 6) is -1.79. The molecule has 0 amide bonds. The lowest BCUT2D eigenvalue weighted by atomic mass is 10.2. The van der Waals surface area contributed by atoms with Crippen LogP contribution in [0.5, 0.6) is 0 Å². The molecule has 0 spiro atoms. The van der Waals surface area contributed by atoms with Gasteiger partial charge < -0.3 is 9.30 Å². The van der Waals surface area contributed by atoms with E-state index in [1.54, 1.807) is 0 Å². The number of aromatic nitrogens is 2. The van der Waals surface area contributed by atoms with Gasteiger partial charge in [0.15, 0.2) is 0 Å². The number of halogens is 4. The number of fused-ring (bicyclic) bond motifs is 1. The van der Waals surface area contributed by atoms with Gasteiger partial charge in [-0.2, -0.15) is 13.2 Å². The molecule has 102 valence electrons. The van der Waals surface area contributed by atoms with E-state index in [0.717, 1.165) is 11.7 Å². The highest BCUT2D eigenvalue weighted by molar-refractivity contribution is 6.34. The van der Waals surface area contributed by atoms with Crippen LogP contribution in [0.15, 0.2) is 12.1 Å². The molecule has 0 aliphatic carbocycles. The number of imidazole rings is 1. The number of carbonyl (C=O) groups is 1. The van der Waals surface area contributed by atoms with E-state index in [9.17, 15) is 18.0 Å². The van der Waals surface area contributed by atoms with E-state index in [4.69, 9.17) is 11.6 Å². The summed E-state index contributed by atoms with van der Waals surface area (Å²) in [5, 5.41) is 0.0103. The van der Waals surface area contributed by atoms with Crippen molar-refractivity contribution in [3.05, 3.63) is 28.5 Å². The van der Waals surface area contributed by atoms with Gasteiger partial charge in [0.1, 0.15) is 0 Å². The number of alkyl halides is 3. The number of ether oxygens (including phenoxy) is 1. The van der Waals surface area contributed by atoms with Crippen molar-refractivity contribution in [3.63, 3.8) is 0 Å². The second-order valence-corrected chi connectivity index (χ2v) is 4.21. The van der Waals surface area contributed by atoms with E-state index in [-0.39, 0.29) is 21.6 Å². The summed E-state index contributed by atoms with van der Waals surface area (Å²) in [7, 11) is 2.38. The lowest BCUT2D eigenvalue weighted by Gasteiger charge is -2.06. The summed E-state index contributed by atoms with van der Waals surface area (Å²) in [6.07, 6.45) is -4.58.